The molecule has 1 aliphatic carbocycles. The molecule has 0 atom stereocenters. The monoisotopic (exact) mass is 445 g/mol. The quantitative estimate of drug-likeness (QED) is 0.624. The minimum Gasteiger partial charge on any atom is -0.484 e. The first-order chi connectivity index (χ1) is 14.2. The van der Waals surface area contributed by atoms with Crippen LogP contribution in [0, 0.1) is 0 Å². The lowest BCUT2D eigenvalue weighted by Crippen LogP contribution is -2.34. The summed E-state index contributed by atoms with van der Waals surface area (Å²) < 4.78 is 51.2. The highest BCUT2D eigenvalue weighted by molar-refractivity contribution is 6.30. The van der Waals surface area contributed by atoms with Crippen molar-refractivity contribution in [2.24, 2.45) is 0 Å². The summed E-state index contributed by atoms with van der Waals surface area (Å²) in [5.41, 5.74) is 0.446. The van der Waals surface area contributed by atoms with E-state index in [0.29, 0.717) is 35.2 Å². The summed E-state index contributed by atoms with van der Waals surface area (Å²) >= 11 is 5.78. The third-order valence-electron chi connectivity index (χ3n) is 4.37. The Morgan fingerprint density at radius 3 is 2.63 bits per heavy atom. The molecule has 1 aliphatic rings. The van der Waals surface area contributed by atoms with Gasteiger partial charge in [0.1, 0.15) is 5.75 Å². The van der Waals surface area contributed by atoms with Gasteiger partial charge in [-0.3, -0.25) is 9.53 Å². The number of hydrogen-bond acceptors (Lipinski definition) is 6. The number of carbonyl (C=O) groups excluding carboxylic acids is 1. The predicted molar refractivity (Wildman–Crippen MR) is 99.8 cm³/mol. The molecule has 1 aromatic heterocycles. The van der Waals surface area contributed by atoms with Gasteiger partial charge in [-0.25, -0.2) is 0 Å². The van der Waals surface area contributed by atoms with E-state index in [9.17, 15) is 18.0 Å². The van der Waals surface area contributed by atoms with Gasteiger partial charge in [-0.05, 0) is 43.5 Å². The maximum atomic E-state index is 12.2. The molecule has 0 radical (unpaired) electrons. The number of hydrogen-bond donors (Lipinski definition) is 1. The highest BCUT2D eigenvalue weighted by Gasteiger charge is 2.42. The molecule has 0 saturated heterocycles. The molecule has 0 unspecified atom stereocenters. The number of alkyl halides is 3. The average molecular weight is 446 g/mol. The zero-order valence-corrected chi connectivity index (χ0v) is 16.5. The van der Waals surface area contributed by atoms with E-state index in [4.69, 9.17) is 20.8 Å². The maximum Gasteiger partial charge on any atom is 0.522 e. The molecule has 11 heteroatoms. The van der Waals surface area contributed by atoms with E-state index < -0.39 is 12.5 Å². The number of benzene rings is 1. The highest BCUT2D eigenvalue weighted by atomic mass is 35.5. The Balaban J connectivity index is 1.35. The number of allylic oxidation sites excluding steroid dienone is 1. The lowest BCUT2D eigenvalue weighted by Gasteiger charge is -2.32. The fourth-order valence-corrected chi connectivity index (χ4v) is 2.94. The van der Waals surface area contributed by atoms with Crippen LogP contribution in [0.5, 0.6) is 5.75 Å². The molecular weight excluding hydrogens is 427 g/mol. The molecule has 162 valence electrons. The highest BCUT2D eigenvalue weighted by Crippen LogP contribution is 2.40. The number of carbonyl (C=O) groups is 1. The summed E-state index contributed by atoms with van der Waals surface area (Å²) in [6.07, 6.45) is -4.47. The third kappa shape index (κ3) is 6.74. The summed E-state index contributed by atoms with van der Waals surface area (Å²) in [6, 6.07) is 6.60. The second-order valence-corrected chi connectivity index (χ2v) is 7.22. The molecule has 0 spiro atoms. The van der Waals surface area contributed by atoms with Gasteiger partial charge in [0.25, 0.3) is 5.91 Å². The largest absolute Gasteiger partial charge is 0.522 e. The molecule has 1 heterocycles. The molecule has 3 rings (SSSR count). The maximum absolute atomic E-state index is 12.2. The molecule has 0 bridgehead atoms. The van der Waals surface area contributed by atoms with Gasteiger partial charge in [0.05, 0.1) is 6.10 Å². The van der Waals surface area contributed by atoms with E-state index in [1.165, 1.54) is 0 Å². The Morgan fingerprint density at radius 1 is 1.27 bits per heavy atom. The van der Waals surface area contributed by atoms with Crippen LogP contribution in [0.2, 0.25) is 5.02 Å². The normalized spacial score (nSPS) is 18.5. The van der Waals surface area contributed by atoms with Crippen LogP contribution >= 0.6 is 11.6 Å². The summed E-state index contributed by atoms with van der Waals surface area (Å²) in [4.78, 5) is 11.9. The zero-order chi connectivity index (χ0) is 21.7. The SMILES string of the molecule is C=C(CCc1nnc([C@H]2C[C@@H](OC(F)(F)F)C2)o1)NC(=O)COc1ccc(Cl)cc1. The molecular formula is C19H19ClF3N3O4. The smallest absolute Gasteiger partial charge is 0.484 e. The number of nitrogens with one attached hydrogen (secondary N) is 1. The van der Waals surface area contributed by atoms with Gasteiger partial charge in [-0.1, -0.05) is 18.2 Å². The Labute approximate surface area is 175 Å². The lowest BCUT2D eigenvalue weighted by atomic mass is 9.82. The van der Waals surface area contributed by atoms with Gasteiger partial charge in [-0.2, -0.15) is 0 Å². The Morgan fingerprint density at radius 2 is 1.97 bits per heavy atom. The summed E-state index contributed by atoms with van der Waals surface area (Å²) in [5, 5.41) is 10.9. The molecule has 1 saturated carbocycles. The van der Waals surface area contributed by atoms with Crippen molar-refractivity contribution in [3.8, 4) is 5.75 Å². The van der Waals surface area contributed by atoms with Crippen molar-refractivity contribution in [3.63, 3.8) is 0 Å². The van der Waals surface area contributed by atoms with Crippen molar-refractivity contribution in [1.29, 1.82) is 0 Å². The van der Waals surface area contributed by atoms with Crippen molar-refractivity contribution in [2.45, 2.75) is 44.1 Å². The van der Waals surface area contributed by atoms with Gasteiger partial charge in [0.2, 0.25) is 11.8 Å². The van der Waals surface area contributed by atoms with E-state index in [-0.39, 0.29) is 37.2 Å². The van der Waals surface area contributed by atoms with Crippen LogP contribution in [0.4, 0.5) is 13.2 Å². The van der Waals surface area contributed by atoms with Crippen molar-refractivity contribution in [2.75, 3.05) is 6.61 Å². The second-order valence-electron chi connectivity index (χ2n) is 6.78. The minimum atomic E-state index is -4.64. The van der Waals surface area contributed by atoms with Crippen LogP contribution < -0.4 is 10.1 Å². The van der Waals surface area contributed by atoms with Gasteiger partial charge in [-0.15, -0.1) is 23.4 Å². The molecule has 1 fully saturated rings. The number of rotatable bonds is 9. The number of nitrogens with zero attached hydrogens (tertiary/aromatic N) is 2. The van der Waals surface area contributed by atoms with Crippen LogP contribution in [0.3, 0.4) is 0 Å². The van der Waals surface area contributed by atoms with E-state index in [2.05, 4.69) is 26.8 Å². The summed E-state index contributed by atoms with van der Waals surface area (Å²) in [5.74, 6) is 0.506. The van der Waals surface area contributed by atoms with Crippen LogP contribution in [0.25, 0.3) is 0 Å². The molecule has 1 amide bonds. The Hall–Kier alpha value is -2.59. The van der Waals surface area contributed by atoms with Crippen molar-refractivity contribution in [1.82, 2.24) is 15.5 Å². The number of amides is 1. The first-order valence-electron chi connectivity index (χ1n) is 9.11. The fourth-order valence-electron chi connectivity index (χ4n) is 2.82. The molecule has 30 heavy (non-hydrogen) atoms. The van der Waals surface area contributed by atoms with Crippen LogP contribution in [-0.2, 0) is 16.0 Å². The number of aryl methyl sites for hydroxylation is 1. The third-order valence-corrected chi connectivity index (χ3v) is 4.62. The molecule has 2 aromatic rings. The average Bonchev–Trinajstić information content (AvgIpc) is 3.10. The first-order valence-corrected chi connectivity index (χ1v) is 9.48. The number of halogens is 4. The summed E-state index contributed by atoms with van der Waals surface area (Å²) in [7, 11) is 0. The van der Waals surface area contributed by atoms with E-state index >= 15 is 0 Å². The second kappa shape index (κ2) is 9.48. The number of ether oxygens (including phenoxy) is 2. The van der Waals surface area contributed by atoms with E-state index in [0.717, 1.165) is 0 Å². The molecule has 1 aromatic carbocycles. The van der Waals surface area contributed by atoms with E-state index in [1.54, 1.807) is 24.3 Å². The molecule has 0 aliphatic heterocycles. The van der Waals surface area contributed by atoms with Crippen LogP contribution in [-0.4, -0.2) is 35.2 Å². The van der Waals surface area contributed by atoms with Gasteiger partial charge in [0, 0.05) is 23.1 Å². The van der Waals surface area contributed by atoms with Crippen molar-refractivity contribution in [3.05, 3.63) is 53.3 Å². The van der Waals surface area contributed by atoms with Gasteiger partial charge >= 0.3 is 6.36 Å². The summed E-state index contributed by atoms with van der Waals surface area (Å²) in [6.45, 7) is 3.59. The Kier molecular flexibility index (Phi) is 6.99. The zero-order valence-electron chi connectivity index (χ0n) is 15.7. The van der Waals surface area contributed by atoms with Gasteiger partial charge in [0.15, 0.2) is 6.61 Å². The topological polar surface area (TPSA) is 86.5 Å². The fraction of sp³-hybridized carbons (Fsp3) is 0.421. The predicted octanol–water partition coefficient (Wildman–Crippen LogP) is 4.15. The molecule has 1 N–H and O–H groups in total. The van der Waals surface area contributed by atoms with Crippen LogP contribution in [0.15, 0.2) is 41.0 Å². The minimum absolute atomic E-state index is 0.178. The lowest BCUT2D eigenvalue weighted by molar-refractivity contribution is -0.352. The number of aromatic nitrogens is 2. The van der Waals surface area contributed by atoms with Crippen LogP contribution in [0.1, 0.15) is 37.0 Å². The molecule has 7 nitrogen and oxygen atoms in total. The van der Waals surface area contributed by atoms with Gasteiger partial charge < -0.3 is 14.5 Å². The first kappa shape index (κ1) is 22.1. The van der Waals surface area contributed by atoms with Crippen molar-refractivity contribution >= 4 is 17.5 Å². The van der Waals surface area contributed by atoms with Crippen molar-refractivity contribution < 1.29 is 31.9 Å². The standard InChI is InChI=1S/C19H19ClF3N3O4/c1-11(24-16(27)10-28-14-5-3-13(20)4-6-14)2-7-17-25-26-18(29-17)12-8-15(9-12)30-19(21,22)23/h3-6,12,15H,1-2,7-10H2,(H,24,27)/t12-,15+. The Bertz CT molecular complexity index is 880. The van der Waals surface area contributed by atoms with E-state index in [1.807, 2.05) is 0 Å².